The van der Waals surface area contributed by atoms with Gasteiger partial charge in [-0.3, -0.25) is 0 Å². The molecule has 0 unspecified atom stereocenters. The summed E-state index contributed by atoms with van der Waals surface area (Å²) in [5.74, 6) is 0.185. The number of rotatable bonds is 7. The van der Waals surface area contributed by atoms with Crippen molar-refractivity contribution in [1.29, 1.82) is 0 Å². The maximum Gasteiger partial charge on any atom is 0.303 e. The minimum absolute atomic E-state index is 0.185. The lowest BCUT2D eigenvalue weighted by Gasteiger charge is -2.19. The monoisotopic (exact) mass is 338 g/mol. The van der Waals surface area contributed by atoms with Crippen molar-refractivity contribution >= 4 is 35.4 Å². The molecule has 2 aromatic rings. The topological polar surface area (TPSA) is 63.1 Å². The highest BCUT2D eigenvalue weighted by atomic mass is 32.5. The van der Waals surface area contributed by atoms with E-state index in [9.17, 15) is 5.11 Å². The van der Waals surface area contributed by atoms with Crippen molar-refractivity contribution in [1.82, 2.24) is 5.20 Å². The maximum absolute atomic E-state index is 10.3. The van der Waals surface area contributed by atoms with Crippen LogP contribution in [0.3, 0.4) is 0 Å². The molecule has 118 valence electrons. The first-order valence-electron chi connectivity index (χ1n) is 7.00. The van der Waals surface area contributed by atoms with Crippen molar-refractivity contribution in [2.75, 3.05) is 13.2 Å². The fourth-order valence-electron chi connectivity index (χ4n) is 1.98. The molecule has 0 saturated carbocycles. The molecule has 0 heterocycles. The summed E-state index contributed by atoms with van der Waals surface area (Å²) < 4.78 is 10.8. The van der Waals surface area contributed by atoms with E-state index in [1.807, 2.05) is 44.2 Å². The standard InChI is InChI=1S/C15H19N2O3PS/c1-3-19-21(22,20-4-2)17-16-11-13-10-9-12-7-5-6-8-14(12)15(13)18/h5-11,18H,3-4H2,1-2H3,(H,17,22). The summed E-state index contributed by atoms with van der Waals surface area (Å²) in [6.45, 7) is 1.97. The second kappa shape index (κ2) is 7.70. The Morgan fingerprint density at radius 2 is 1.86 bits per heavy atom. The second-order valence-electron chi connectivity index (χ2n) is 4.42. The Labute approximate surface area is 135 Å². The van der Waals surface area contributed by atoms with Crippen LogP contribution in [0.15, 0.2) is 41.5 Å². The molecule has 0 aliphatic heterocycles. The first-order valence-corrected chi connectivity index (χ1v) is 9.63. The van der Waals surface area contributed by atoms with Crippen LogP contribution in [0.5, 0.6) is 5.75 Å². The van der Waals surface area contributed by atoms with Crippen molar-refractivity contribution in [3.63, 3.8) is 0 Å². The van der Waals surface area contributed by atoms with Crippen LogP contribution < -0.4 is 5.20 Å². The van der Waals surface area contributed by atoms with Crippen LogP contribution in [0, 0.1) is 0 Å². The molecule has 2 N–H and O–H groups in total. The Morgan fingerprint density at radius 1 is 1.18 bits per heavy atom. The predicted molar refractivity (Wildman–Crippen MR) is 93.9 cm³/mol. The summed E-state index contributed by atoms with van der Waals surface area (Å²) in [7, 11) is 0. The zero-order valence-electron chi connectivity index (χ0n) is 12.5. The van der Waals surface area contributed by atoms with E-state index in [1.54, 1.807) is 6.07 Å². The summed E-state index contributed by atoms with van der Waals surface area (Å²) in [5, 5.41) is 18.9. The molecule has 5 nitrogen and oxygen atoms in total. The third kappa shape index (κ3) is 4.05. The number of hydrazone groups is 1. The van der Waals surface area contributed by atoms with Crippen LogP contribution in [-0.2, 0) is 20.9 Å². The normalized spacial score (nSPS) is 12.1. The smallest absolute Gasteiger partial charge is 0.303 e. The van der Waals surface area contributed by atoms with Gasteiger partial charge in [-0.2, -0.15) is 5.10 Å². The van der Waals surface area contributed by atoms with Gasteiger partial charge in [0.2, 0.25) is 0 Å². The lowest BCUT2D eigenvalue weighted by molar-refractivity contribution is 0.259. The average Bonchev–Trinajstić information content (AvgIpc) is 2.50. The van der Waals surface area contributed by atoms with Gasteiger partial charge in [0.15, 0.2) is 0 Å². The lowest BCUT2D eigenvalue weighted by Crippen LogP contribution is -2.09. The Morgan fingerprint density at radius 3 is 2.55 bits per heavy atom. The third-order valence-electron chi connectivity index (χ3n) is 2.91. The minimum atomic E-state index is -2.62. The van der Waals surface area contributed by atoms with E-state index in [0.29, 0.717) is 18.8 Å². The van der Waals surface area contributed by atoms with Crippen molar-refractivity contribution in [3.8, 4) is 5.75 Å². The van der Waals surface area contributed by atoms with Crippen molar-refractivity contribution in [2.24, 2.45) is 5.10 Å². The Bertz CT molecular complexity index is 711. The average molecular weight is 338 g/mol. The van der Waals surface area contributed by atoms with Gasteiger partial charge in [-0.15, -0.1) is 0 Å². The SMILES string of the molecule is CCOP(=S)(NN=Cc1ccc2ccccc2c1O)OCC. The van der Waals surface area contributed by atoms with Crippen molar-refractivity contribution in [2.45, 2.75) is 13.8 Å². The van der Waals surface area contributed by atoms with Crippen LogP contribution in [0.25, 0.3) is 10.8 Å². The highest BCUT2D eigenvalue weighted by molar-refractivity contribution is 8.08. The first kappa shape index (κ1) is 16.9. The van der Waals surface area contributed by atoms with Crippen molar-refractivity contribution < 1.29 is 14.2 Å². The molecule has 0 aliphatic carbocycles. The van der Waals surface area contributed by atoms with Crippen LogP contribution in [0.1, 0.15) is 19.4 Å². The number of benzene rings is 2. The van der Waals surface area contributed by atoms with E-state index in [2.05, 4.69) is 10.3 Å². The van der Waals surface area contributed by atoms with Crippen LogP contribution in [-0.4, -0.2) is 24.5 Å². The molecule has 0 bridgehead atoms. The van der Waals surface area contributed by atoms with Gasteiger partial charge >= 0.3 is 6.64 Å². The van der Waals surface area contributed by atoms with Gasteiger partial charge in [-0.25, -0.2) is 5.20 Å². The van der Waals surface area contributed by atoms with E-state index in [-0.39, 0.29) is 5.75 Å². The van der Waals surface area contributed by atoms with Crippen LogP contribution >= 0.6 is 6.64 Å². The molecule has 2 rings (SSSR count). The van der Waals surface area contributed by atoms with Gasteiger partial charge in [0, 0.05) is 10.9 Å². The van der Waals surface area contributed by atoms with Gasteiger partial charge in [0.25, 0.3) is 0 Å². The molecular formula is C15H19N2O3PS. The van der Waals surface area contributed by atoms with E-state index in [0.717, 1.165) is 10.8 Å². The predicted octanol–water partition coefficient (Wildman–Crippen LogP) is 3.77. The zero-order valence-corrected chi connectivity index (χ0v) is 14.2. The number of phenols is 1. The van der Waals surface area contributed by atoms with E-state index < -0.39 is 6.64 Å². The Balaban J connectivity index is 2.19. The molecule has 0 saturated heterocycles. The molecule has 22 heavy (non-hydrogen) atoms. The number of hydrogen-bond acceptors (Lipinski definition) is 5. The van der Waals surface area contributed by atoms with Gasteiger partial charge in [-0.05, 0) is 37.1 Å². The Hall–Kier alpha value is -1.46. The molecular weight excluding hydrogens is 319 g/mol. The van der Waals surface area contributed by atoms with E-state index in [1.165, 1.54) is 6.21 Å². The number of fused-ring (bicyclic) bond motifs is 1. The molecule has 2 aromatic carbocycles. The molecule has 0 aromatic heterocycles. The molecule has 0 spiro atoms. The van der Waals surface area contributed by atoms with Crippen molar-refractivity contribution in [3.05, 3.63) is 42.0 Å². The van der Waals surface area contributed by atoms with Crippen LogP contribution in [0.4, 0.5) is 0 Å². The third-order valence-corrected chi connectivity index (χ3v) is 5.35. The van der Waals surface area contributed by atoms with E-state index >= 15 is 0 Å². The van der Waals surface area contributed by atoms with Crippen LogP contribution in [0.2, 0.25) is 0 Å². The first-order chi connectivity index (χ1) is 10.6. The summed E-state index contributed by atoms with van der Waals surface area (Å²) in [6, 6.07) is 11.3. The number of nitrogens with one attached hydrogen (secondary N) is 1. The quantitative estimate of drug-likeness (QED) is 0.457. The molecule has 0 aliphatic rings. The highest BCUT2D eigenvalue weighted by Gasteiger charge is 2.16. The maximum atomic E-state index is 10.3. The van der Waals surface area contributed by atoms with Gasteiger partial charge in [-0.1, -0.05) is 30.3 Å². The summed E-state index contributed by atoms with van der Waals surface area (Å²) in [6.07, 6.45) is 1.51. The van der Waals surface area contributed by atoms with Gasteiger partial charge in [0.05, 0.1) is 19.4 Å². The largest absolute Gasteiger partial charge is 0.507 e. The number of phenolic OH excluding ortho intramolecular Hbond substituents is 1. The summed E-state index contributed by atoms with van der Waals surface area (Å²) in [5.41, 5.74) is 0.598. The summed E-state index contributed by atoms with van der Waals surface area (Å²) in [4.78, 5) is 0. The fraction of sp³-hybridized carbons (Fsp3) is 0.267. The highest BCUT2D eigenvalue weighted by Crippen LogP contribution is 2.43. The van der Waals surface area contributed by atoms with E-state index in [4.69, 9.17) is 20.9 Å². The van der Waals surface area contributed by atoms with Gasteiger partial charge in [0.1, 0.15) is 5.75 Å². The number of hydrogen-bond donors (Lipinski definition) is 2. The molecule has 0 atom stereocenters. The molecule has 0 amide bonds. The molecule has 7 heteroatoms. The molecule has 0 fully saturated rings. The Kier molecular flexibility index (Phi) is 5.91. The van der Waals surface area contributed by atoms with Gasteiger partial charge < -0.3 is 14.2 Å². The number of nitrogens with zero attached hydrogens (tertiary/aromatic N) is 1. The fourth-order valence-corrected chi connectivity index (χ4v) is 3.82. The lowest BCUT2D eigenvalue weighted by atomic mass is 10.1. The zero-order chi connectivity index (χ0) is 16.0. The summed E-state index contributed by atoms with van der Waals surface area (Å²) >= 11 is 5.30. The number of aromatic hydroxyl groups is 1. The minimum Gasteiger partial charge on any atom is -0.507 e. The second-order valence-corrected chi connectivity index (χ2v) is 7.57. The molecule has 0 radical (unpaired) electrons.